The van der Waals surface area contributed by atoms with Crippen LogP contribution >= 0.6 is 0 Å². The lowest BCUT2D eigenvalue weighted by molar-refractivity contribution is -0.274. The molecular formula is C23H18F3N5O4. The molecule has 1 N–H and O–H groups in total. The molecule has 0 bridgehead atoms. The number of benzene rings is 2. The molecule has 2 aromatic carbocycles. The number of methoxy groups -OCH3 is 1. The van der Waals surface area contributed by atoms with Crippen molar-refractivity contribution in [3.63, 3.8) is 0 Å². The van der Waals surface area contributed by atoms with Gasteiger partial charge in [-0.25, -0.2) is 0 Å². The maximum absolute atomic E-state index is 13.4. The maximum Gasteiger partial charge on any atom is 0.573 e. The fourth-order valence-electron chi connectivity index (χ4n) is 3.80. The predicted octanol–water partition coefficient (Wildman–Crippen LogP) is 3.96. The number of alkyl halides is 3. The van der Waals surface area contributed by atoms with Crippen LogP contribution in [-0.2, 0) is 6.54 Å². The number of fused-ring (bicyclic) bond motifs is 1. The fourth-order valence-corrected chi connectivity index (χ4v) is 3.80. The zero-order valence-corrected chi connectivity index (χ0v) is 18.5. The lowest BCUT2D eigenvalue weighted by Gasteiger charge is -2.34. The van der Waals surface area contributed by atoms with Gasteiger partial charge < -0.3 is 19.7 Å². The Morgan fingerprint density at radius 3 is 2.57 bits per heavy atom. The number of carbonyl (C=O) groups excluding carboxylic acids is 2. The van der Waals surface area contributed by atoms with Crippen molar-refractivity contribution in [1.29, 1.82) is 5.26 Å². The van der Waals surface area contributed by atoms with Gasteiger partial charge in [-0.1, -0.05) is 0 Å². The molecule has 12 heteroatoms. The van der Waals surface area contributed by atoms with Crippen molar-refractivity contribution < 1.29 is 32.2 Å². The third kappa shape index (κ3) is 4.74. The molecule has 1 aliphatic heterocycles. The highest BCUT2D eigenvalue weighted by molar-refractivity contribution is 6.13. The third-order valence-electron chi connectivity index (χ3n) is 5.32. The van der Waals surface area contributed by atoms with Crippen LogP contribution in [-0.4, -0.2) is 41.1 Å². The molecule has 180 valence electrons. The predicted molar refractivity (Wildman–Crippen MR) is 117 cm³/mol. The van der Waals surface area contributed by atoms with Crippen LogP contribution in [0.15, 0.2) is 48.7 Å². The molecule has 0 fully saturated rings. The summed E-state index contributed by atoms with van der Waals surface area (Å²) in [6.45, 7) is 2.06. The average molecular weight is 485 g/mol. The SMILES string of the molecule is COc1ccc(C(=O)Nc2cnn3c2C(=O)N(c2ccc(OC(F)(F)F)cc2)[C@@H](C)C3)cc1C#N. The minimum absolute atomic E-state index is 0.112. The summed E-state index contributed by atoms with van der Waals surface area (Å²) in [6.07, 6.45) is -3.48. The Labute approximate surface area is 197 Å². The van der Waals surface area contributed by atoms with E-state index in [1.165, 1.54) is 53.2 Å². The molecule has 0 aliphatic carbocycles. The molecule has 2 amide bonds. The van der Waals surface area contributed by atoms with Crippen LogP contribution in [0.1, 0.15) is 33.3 Å². The summed E-state index contributed by atoms with van der Waals surface area (Å²) in [5, 5.41) is 16.1. The van der Waals surface area contributed by atoms with Gasteiger partial charge in [-0.3, -0.25) is 14.3 Å². The number of nitrogens with zero attached hydrogens (tertiary/aromatic N) is 4. The van der Waals surface area contributed by atoms with E-state index in [-0.39, 0.29) is 28.6 Å². The number of anilines is 2. The summed E-state index contributed by atoms with van der Waals surface area (Å²) in [4.78, 5) is 27.6. The van der Waals surface area contributed by atoms with E-state index in [1.807, 2.05) is 6.07 Å². The Balaban J connectivity index is 1.59. The van der Waals surface area contributed by atoms with E-state index < -0.39 is 23.9 Å². The van der Waals surface area contributed by atoms with Crippen molar-refractivity contribution in [3.8, 4) is 17.6 Å². The Hall–Kier alpha value is -4.53. The van der Waals surface area contributed by atoms with E-state index >= 15 is 0 Å². The number of halogens is 3. The topological polar surface area (TPSA) is 109 Å². The maximum atomic E-state index is 13.4. The van der Waals surface area contributed by atoms with Crippen molar-refractivity contribution in [2.45, 2.75) is 25.9 Å². The minimum atomic E-state index is -4.83. The van der Waals surface area contributed by atoms with Gasteiger partial charge in [-0.05, 0) is 49.4 Å². The standard InChI is InChI=1S/C23H18F3N5O4/c1-13-12-30-20(22(33)31(13)16-4-6-17(7-5-16)35-23(24,25)26)18(11-28-30)29-21(32)14-3-8-19(34-2)15(9-14)10-27/h3-9,11,13H,12H2,1-2H3,(H,29,32)/t13-/m0/s1. The Bertz CT molecular complexity index is 1330. The van der Waals surface area contributed by atoms with Crippen molar-refractivity contribution in [1.82, 2.24) is 9.78 Å². The second kappa shape index (κ2) is 9.02. The van der Waals surface area contributed by atoms with Crippen LogP contribution in [0, 0.1) is 11.3 Å². The normalized spacial score (nSPS) is 15.3. The molecule has 3 aromatic rings. The largest absolute Gasteiger partial charge is 0.573 e. The van der Waals surface area contributed by atoms with Crippen molar-refractivity contribution in [2.24, 2.45) is 0 Å². The summed E-state index contributed by atoms with van der Waals surface area (Å²) in [5.74, 6) is -1.15. The van der Waals surface area contributed by atoms with Gasteiger partial charge in [0.2, 0.25) is 0 Å². The molecule has 0 unspecified atom stereocenters. The second-order valence-corrected chi connectivity index (χ2v) is 7.64. The highest BCUT2D eigenvalue weighted by Crippen LogP contribution is 2.31. The molecule has 1 aliphatic rings. The number of amides is 2. The highest BCUT2D eigenvalue weighted by Gasteiger charge is 2.35. The van der Waals surface area contributed by atoms with Crippen molar-refractivity contribution in [3.05, 3.63) is 65.5 Å². The Morgan fingerprint density at radius 1 is 1.23 bits per heavy atom. The van der Waals surface area contributed by atoms with Gasteiger partial charge >= 0.3 is 6.36 Å². The summed E-state index contributed by atoms with van der Waals surface area (Å²) < 4.78 is 47.8. The number of nitrogens with one attached hydrogen (secondary N) is 1. The number of nitriles is 1. The van der Waals surface area contributed by atoms with Crippen molar-refractivity contribution in [2.75, 3.05) is 17.3 Å². The quantitative estimate of drug-likeness (QED) is 0.586. The highest BCUT2D eigenvalue weighted by atomic mass is 19.4. The van der Waals surface area contributed by atoms with Gasteiger partial charge in [-0.2, -0.15) is 10.4 Å². The van der Waals surface area contributed by atoms with Gasteiger partial charge in [0.25, 0.3) is 11.8 Å². The van der Waals surface area contributed by atoms with Crippen LogP contribution in [0.5, 0.6) is 11.5 Å². The fraction of sp³-hybridized carbons (Fsp3) is 0.217. The molecule has 1 atom stereocenters. The van der Waals surface area contributed by atoms with Crippen molar-refractivity contribution >= 4 is 23.2 Å². The number of hydrogen-bond acceptors (Lipinski definition) is 6. The molecule has 0 saturated carbocycles. The Kier molecular flexibility index (Phi) is 6.09. The molecule has 2 heterocycles. The van der Waals surface area contributed by atoms with E-state index in [9.17, 15) is 28.0 Å². The summed E-state index contributed by atoms with van der Waals surface area (Å²) in [6, 6.07) is 10.8. The smallest absolute Gasteiger partial charge is 0.495 e. The lowest BCUT2D eigenvalue weighted by Crippen LogP contribution is -2.47. The van der Waals surface area contributed by atoms with E-state index in [2.05, 4.69) is 15.2 Å². The van der Waals surface area contributed by atoms with Gasteiger partial charge in [0.15, 0.2) is 0 Å². The second-order valence-electron chi connectivity index (χ2n) is 7.64. The third-order valence-corrected chi connectivity index (χ3v) is 5.32. The molecule has 0 radical (unpaired) electrons. The average Bonchev–Trinajstić information content (AvgIpc) is 3.21. The summed E-state index contributed by atoms with van der Waals surface area (Å²) >= 11 is 0. The number of carbonyl (C=O) groups is 2. The van der Waals surface area contributed by atoms with Gasteiger partial charge in [0.05, 0.1) is 37.1 Å². The molecular weight excluding hydrogens is 467 g/mol. The first-order valence-electron chi connectivity index (χ1n) is 10.3. The minimum Gasteiger partial charge on any atom is -0.495 e. The van der Waals surface area contributed by atoms with Gasteiger partial charge in [-0.15, -0.1) is 13.2 Å². The van der Waals surface area contributed by atoms with E-state index in [0.29, 0.717) is 18.0 Å². The summed E-state index contributed by atoms with van der Waals surface area (Å²) in [5.41, 5.74) is 0.974. The van der Waals surface area contributed by atoms with Gasteiger partial charge in [0.1, 0.15) is 23.3 Å². The van der Waals surface area contributed by atoms with Crippen LogP contribution in [0.4, 0.5) is 24.5 Å². The van der Waals surface area contributed by atoms with Crippen LogP contribution in [0.2, 0.25) is 0 Å². The zero-order chi connectivity index (χ0) is 25.3. The number of aromatic nitrogens is 2. The Morgan fingerprint density at radius 2 is 1.94 bits per heavy atom. The molecule has 4 rings (SSSR count). The molecule has 9 nitrogen and oxygen atoms in total. The number of hydrogen-bond donors (Lipinski definition) is 1. The first-order valence-corrected chi connectivity index (χ1v) is 10.3. The monoisotopic (exact) mass is 485 g/mol. The number of rotatable bonds is 5. The van der Waals surface area contributed by atoms with Crippen LogP contribution < -0.4 is 19.7 Å². The van der Waals surface area contributed by atoms with E-state index in [0.717, 1.165) is 12.1 Å². The summed E-state index contributed by atoms with van der Waals surface area (Å²) in [7, 11) is 1.41. The van der Waals surface area contributed by atoms with Crippen LogP contribution in [0.25, 0.3) is 0 Å². The van der Waals surface area contributed by atoms with Crippen LogP contribution in [0.3, 0.4) is 0 Å². The van der Waals surface area contributed by atoms with E-state index in [1.54, 1.807) is 6.92 Å². The molecule has 0 saturated heterocycles. The van der Waals surface area contributed by atoms with E-state index in [4.69, 9.17) is 4.74 Å². The first-order chi connectivity index (χ1) is 16.6. The lowest BCUT2D eigenvalue weighted by atomic mass is 10.1. The molecule has 1 aromatic heterocycles. The molecule has 35 heavy (non-hydrogen) atoms. The molecule has 0 spiro atoms. The first kappa shape index (κ1) is 23.6. The number of ether oxygens (including phenoxy) is 2. The zero-order valence-electron chi connectivity index (χ0n) is 18.5. The van der Waals surface area contributed by atoms with Gasteiger partial charge in [0, 0.05) is 11.3 Å².